The van der Waals surface area contributed by atoms with E-state index in [-0.39, 0.29) is 0 Å². The van der Waals surface area contributed by atoms with Crippen LogP contribution in [0, 0.1) is 34.6 Å². The first-order chi connectivity index (χ1) is 10.4. The van der Waals surface area contributed by atoms with Crippen molar-refractivity contribution in [3.05, 3.63) is 46.4 Å². The van der Waals surface area contributed by atoms with Crippen LogP contribution in [-0.4, -0.2) is 19.9 Å². The molecular weight excluding hydrogens is 274 g/mol. The van der Waals surface area contributed by atoms with Crippen molar-refractivity contribution in [2.75, 3.05) is 5.32 Å². The van der Waals surface area contributed by atoms with Crippen LogP contribution in [0.1, 0.15) is 28.2 Å². The maximum atomic E-state index is 4.72. The summed E-state index contributed by atoms with van der Waals surface area (Å²) >= 11 is 0. The van der Waals surface area contributed by atoms with Crippen molar-refractivity contribution < 1.29 is 0 Å². The summed E-state index contributed by atoms with van der Waals surface area (Å²) in [6.07, 6.45) is 0. The quantitative estimate of drug-likeness (QED) is 0.780. The van der Waals surface area contributed by atoms with Gasteiger partial charge in [-0.05, 0) is 57.9 Å². The molecule has 0 unspecified atom stereocenters. The van der Waals surface area contributed by atoms with Crippen molar-refractivity contribution >= 4 is 22.8 Å². The Morgan fingerprint density at radius 1 is 0.773 bits per heavy atom. The Morgan fingerprint density at radius 2 is 1.45 bits per heavy atom. The largest absolute Gasteiger partial charge is 0.307 e. The molecule has 5 heteroatoms. The van der Waals surface area contributed by atoms with Gasteiger partial charge in [0.25, 0.3) is 0 Å². The predicted molar refractivity (Wildman–Crippen MR) is 88.5 cm³/mol. The van der Waals surface area contributed by atoms with Gasteiger partial charge in [0.1, 0.15) is 0 Å². The summed E-state index contributed by atoms with van der Waals surface area (Å²) in [5.74, 6) is 1.25. The Balaban J connectivity index is 2.09. The molecule has 3 aromatic rings. The number of benzene rings is 1. The first-order valence-corrected chi connectivity index (χ1v) is 7.27. The van der Waals surface area contributed by atoms with E-state index in [1.807, 2.05) is 26.8 Å². The molecule has 0 bridgehead atoms. The number of aryl methyl sites for hydroxylation is 5. The molecule has 1 aromatic carbocycles. The average molecular weight is 293 g/mol. The van der Waals surface area contributed by atoms with Crippen molar-refractivity contribution in [1.82, 2.24) is 19.9 Å². The summed E-state index contributed by atoms with van der Waals surface area (Å²) in [5, 5.41) is 3.19. The predicted octanol–water partition coefficient (Wildman–Crippen LogP) is 3.71. The van der Waals surface area contributed by atoms with E-state index in [1.165, 1.54) is 5.56 Å². The van der Waals surface area contributed by atoms with E-state index in [2.05, 4.69) is 46.2 Å². The second-order valence-corrected chi connectivity index (χ2v) is 5.71. The van der Waals surface area contributed by atoms with Gasteiger partial charge in [0.05, 0.1) is 16.7 Å². The third-order valence-corrected chi connectivity index (χ3v) is 3.49. The molecule has 0 fully saturated rings. The molecule has 2 heterocycles. The zero-order valence-corrected chi connectivity index (χ0v) is 13.5. The molecule has 0 aliphatic carbocycles. The Morgan fingerprint density at radius 3 is 2.14 bits per heavy atom. The molecular formula is C17H19N5. The van der Waals surface area contributed by atoms with E-state index < -0.39 is 0 Å². The molecule has 1 N–H and O–H groups in total. The summed E-state index contributed by atoms with van der Waals surface area (Å²) in [6.45, 7) is 9.96. The molecule has 0 spiro atoms. The van der Waals surface area contributed by atoms with Crippen LogP contribution in [0.25, 0.3) is 11.0 Å². The van der Waals surface area contributed by atoms with Crippen LogP contribution >= 0.6 is 0 Å². The molecule has 0 radical (unpaired) electrons. The molecule has 3 rings (SSSR count). The third kappa shape index (κ3) is 2.74. The Labute approximate surface area is 129 Å². The second-order valence-electron chi connectivity index (χ2n) is 5.71. The topological polar surface area (TPSA) is 63.6 Å². The molecule has 22 heavy (non-hydrogen) atoms. The Kier molecular flexibility index (Phi) is 3.48. The van der Waals surface area contributed by atoms with Crippen LogP contribution in [0.15, 0.2) is 18.2 Å². The highest BCUT2D eigenvalue weighted by Gasteiger charge is 2.09. The summed E-state index contributed by atoms with van der Waals surface area (Å²) in [5.41, 5.74) is 6.82. The highest BCUT2D eigenvalue weighted by Crippen LogP contribution is 2.22. The SMILES string of the molecule is Cc1cc(C)c2nc(Nc3nc(C)cc(C)n3)c(C)nc2c1. The Bertz CT molecular complexity index is 850. The molecule has 0 saturated carbocycles. The van der Waals surface area contributed by atoms with Gasteiger partial charge in [0.2, 0.25) is 5.95 Å². The first-order valence-electron chi connectivity index (χ1n) is 7.27. The lowest BCUT2D eigenvalue weighted by atomic mass is 10.1. The fourth-order valence-corrected chi connectivity index (χ4v) is 2.60. The van der Waals surface area contributed by atoms with Crippen LogP contribution in [0.4, 0.5) is 11.8 Å². The van der Waals surface area contributed by atoms with E-state index in [4.69, 9.17) is 4.98 Å². The number of nitrogens with one attached hydrogen (secondary N) is 1. The van der Waals surface area contributed by atoms with Crippen LogP contribution in [-0.2, 0) is 0 Å². The van der Waals surface area contributed by atoms with Crippen LogP contribution in [0.5, 0.6) is 0 Å². The van der Waals surface area contributed by atoms with E-state index >= 15 is 0 Å². The second kappa shape index (κ2) is 5.33. The van der Waals surface area contributed by atoms with E-state index in [1.54, 1.807) is 0 Å². The summed E-state index contributed by atoms with van der Waals surface area (Å²) in [4.78, 5) is 18.2. The van der Waals surface area contributed by atoms with Gasteiger partial charge >= 0.3 is 0 Å². The number of aromatic nitrogens is 4. The van der Waals surface area contributed by atoms with Gasteiger partial charge in [-0.25, -0.2) is 19.9 Å². The maximum Gasteiger partial charge on any atom is 0.228 e. The molecule has 112 valence electrons. The molecule has 0 amide bonds. The van der Waals surface area contributed by atoms with Crippen LogP contribution in [0.2, 0.25) is 0 Å². The monoisotopic (exact) mass is 293 g/mol. The molecule has 2 aromatic heterocycles. The average Bonchev–Trinajstić information content (AvgIpc) is 2.39. The summed E-state index contributed by atoms with van der Waals surface area (Å²) in [7, 11) is 0. The van der Waals surface area contributed by atoms with Gasteiger partial charge in [0.15, 0.2) is 5.82 Å². The van der Waals surface area contributed by atoms with Gasteiger partial charge < -0.3 is 5.32 Å². The highest BCUT2D eigenvalue weighted by atomic mass is 15.2. The van der Waals surface area contributed by atoms with Crippen LogP contribution in [0.3, 0.4) is 0 Å². The molecule has 0 atom stereocenters. The van der Waals surface area contributed by atoms with Crippen molar-refractivity contribution in [2.45, 2.75) is 34.6 Å². The molecule has 0 aliphatic rings. The first kappa shape index (κ1) is 14.4. The minimum atomic E-state index is 0.555. The number of nitrogens with zero attached hydrogens (tertiary/aromatic N) is 4. The van der Waals surface area contributed by atoms with Gasteiger partial charge in [0, 0.05) is 11.4 Å². The lowest BCUT2D eigenvalue weighted by Crippen LogP contribution is -2.05. The van der Waals surface area contributed by atoms with Crippen LogP contribution < -0.4 is 5.32 Å². The zero-order chi connectivity index (χ0) is 15.9. The molecule has 5 nitrogen and oxygen atoms in total. The minimum Gasteiger partial charge on any atom is -0.307 e. The fourth-order valence-electron chi connectivity index (χ4n) is 2.60. The van der Waals surface area contributed by atoms with E-state index in [9.17, 15) is 0 Å². The number of hydrogen-bond acceptors (Lipinski definition) is 5. The van der Waals surface area contributed by atoms with Gasteiger partial charge in [-0.1, -0.05) is 6.07 Å². The molecule has 0 saturated heterocycles. The van der Waals surface area contributed by atoms with Crippen molar-refractivity contribution in [3.8, 4) is 0 Å². The van der Waals surface area contributed by atoms with Crippen molar-refractivity contribution in [2.24, 2.45) is 0 Å². The van der Waals surface area contributed by atoms with Gasteiger partial charge in [-0.3, -0.25) is 0 Å². The Hall–Kier alpha value is -2.56. The normalized spacial score (nSPS) is 11.0. The van der Waals surface area contributed by atoms with Gasteiger partial charge in [-0.15, -0.1) is 0 Å². The lowest BCUT2D eigenvalue weighted by molar-refractivity contribution is 1.05. The van der Waals surface area contributed by atoms with E-state index in [0.717, 1.165) is 33.7 Å². The third-order valence-electron chi connectivity index (χ3n) is 3.49. The lowest BCUT2D eigenvalue weighted by Gasteiger charge is -2.11. The van der Waals surface area contributed by atoms with E-state index in [0.29, 0.717) is 11.8 Å². The fraction of sp³-hybridized carbons (Fsp3) is 0.294. The number of fused-ring (bicyclic) bond motifs is 1. The maximum absolute atomic E-state index is 4.72. The van der Waals surface area contributed by atoms with Crippen molar-refractivity contribution in [1.29, 1.82) is 0 Å². The highest BCUT2D eigenvalue weighted by molar-refractivity contribution is 5.81. The van der Waals surface area contributed by atoms with Crippen molar-refractivity contribution in [3.63, 3.8) is 0 Å². The number of rotatable bonds is 2. The summed E-state index contributed by atoms with van der Waals surface area (Å²) < 4.78 is 0. The minimum absolute atomic E-state index is 0.555. The number of anilines is 2. The van der Waals surface area contributed by atoms with Gasteiger partial charge in [-0.2, -0.15) is 0 Å². The summed E-state index contributed by atoms with van der Waals surface area (Å²) in [6, 6.07) is 6.11. The molecule has 0 aliphatic heterocycles. The number of hydrogen-bond donors (Lipinski definition) is 1. The smallest absolute Gasteiger partial charge is 0.228 e. The zero-order valence-electron chi connectivity index (χ0n) is 13.5. The standard InChI is InChI=1S/C17H19N5/c1-9-6-10(2)15-14(7-9)20-13(5)16(21-15)22-17-18-11(3)8-12(4)19-17/h6-8H,1-5H3,(H,18,19,21,22).